The van der Waals surface area contributed by atoms with Gasteiger partial charge in [-0.3, -0.25) is 0 Å². The summed E-state index contributed by atoms with van der Waals surface area (Å²) in [5.41, 5.74) is -0.497. The molecule has 0 aromatic carbocycles. The first-order valence-corrected chi connectivity index (χ1v) is 6.21. The molecule has 0 aliphatic carbocycles. The van der Waals surface area contributed by atoms with Gasteiger partial charge in [0.05, 0.1) is 16.8 Å². The minimum absolute atomic E-state index is 0.0278. The number of likely N-dealkylation sites (tertiary alicyclic amines) is 1. The smallest absolute Gasteiger partial charge is 0.410 e. The Labute approximate surface area is 105 Å². The van der Waals surface area contributed by atoms with Crippen molar-refractivity contribution in [3.05, 3.63) is 0 Å². The van der Waals surface area contributed by atoms with Crippen molar-refractivity contribution in [3.63, 3.8) is 0 Å². The molecule has 1 heterocycles. The van der Waals surface area contributed by atoms with E-state index in [0.717, 1.165) is 0 Å². The zero-order chi connectivity index (χ0) is 12.5. The fourth-order valence-electron chi connectivity index (χ4n) is 1.71. The molecule has 0 N–H and O–H groups in total. The molecule has 1 aliphatic heterocycles. The van der Waals surface area contributed by atoms with Gasteiger partial charge in [0.15, 0.2) is 0 Å². The number of amides is 1. The van der Waals surface area contributed by atoms with Crippen LogP contribution in [-0.4, -0.2) is 34.0 Å². The summed E-state index contributed by atoms with van der Waals surface area (Å²) in [6, 6.07) is 2.11. The summed E-state index contributed by atoms with van der Waals surface area (Å²) in [7, 11) is 0. The van der Waals surface area contributed by atoms with E-state index in [-0.39, 0.29) is 22.9 Å². The molecule has 3 atom stereocenters. The Morgan fingerprint density at radius 1 is 1.56 bits per heavy atom. The Kier molecular flexibility index (Phi) is 3.84. The van der Waals surface area contributed by atoms with Crippen LogP contribution in [-0.2, 0) is 4.74 Å². The fourth-order valence-corrected chi connectivity index (χ4v) is 2.59. The number of carbonyl (C=O) groups excluding carboxylic acids is 1. The number of hydrogen-bond donors (Lipinski definition) is 0. The lowest BCUT2D eigenvalue weighted by Crippen LogP contribution is -2.39. The first kappa shape index (κ1) is 13.3. The van der Waals surface area contributed by atoms with Gasteiger partial charge in [-0.2, -0.15) is 5.26 Å². The van der Waals surface area contributed by atoms with Crippen LogP contribution < -0.4 is 0 Å². The van der Waals surface area contributed by atoms with Gasteiger partial charge in [0, 0.05) is 12.6 Å². The second-order valence-corrected chi connectivity index (χ2v) is 6.22. The standard InChI is InChI=1S/C11H17BrN2O2/c1-7-8(5-13)9(12)6-14(7)10(15)16-11(2,3)4/h7-9H,6H2,1-4H3. The van der Waals surface area contributed by atoms with E-state index in [4.69, 9.17) is 10.00 Å². The Morgan fingerprint density at radius 2 is 2.12 bits per heavy atom. The summed E-state index contributed by atoms with van der Waals surface area (Å²) >= 11 is 3.42. The maximum atomic E-state index is 11.9. The summed E-state index contributed by atoms with van der Waals surface area (Å²) in [6.45, 7) is 7.89. The van der Waals surface area contributed by atoms with Crippen molar-refractivity contribution >= 4 is 22.0 Å². The van der Waals surface area contributed by atoms with Gasteiger partial charge >= 0.3 is 6.09 Å². The van der Waals surface area contributed by atoms with Gasteiger partial charge < -0.3 is 9.64 Å². The number of rotatable bonds is 0. The number of alkyl halides is 1. The van der Waals surface area contributed by atoms with Crippen molar-refractivity contribution in [2.75, 3.05) is 6.54 Å². The van der Waals surface area contributed by atoms with Crippen molar-refractivity contribution in [2.45, 2.75) is 44.2 Å². The van der Waals surface area contributed by atoms with Gasteiger partial charge in [-0.25, -0.2) is 4.79 Å². The molecule has 0 aromatic rings. The average molecular weight is 289 g/mol. The molecule has 16 heavy (non-hydrogen) atoms. The Balaban J connectivity index is 2.70. The molecule has 1 saturated heterocycles. The third-order valence-electron chi connectivity index (χ3n) is 2.55. The van der Waals surface area contributed by atoms with Gasteiger partial charge in [-0.1, -0.05) is 15.9 Å². The van der Waals surface area contributed by atoms with Crippen molar-refractivity contribution in [3.8, 4) is 6.07 Å². The number of halogens is 1. The highest BCUT2D eigenvalue weighted by Gasteiger charge is 2.41. The highest BCUT2D eigenvalue weighted by molar-refractivity contribution is 9.09. The molecule has 1 aliphatic rings. The van der Waals surface area contributed by atoms with Gasteiger partial charge in [-0.05, 0) is 27.7 Å². The van der Waals surface area contributed by atoms with Crippen LogP contribution in [0.4, 0.5) is 4.79 Å². The van der Waals surface area contributed by atoms with E-state index in [1.54, 1.807) is 4.90 Å². The lowest BCUT2D eigenvalue weighted by Gasteiger charge is -2.27. The number of ether oxygens (including phenoxy) is 1. The summed E-state index contributed by atoms with van der Waals surface area (Å²) < 4.78 is 5.29. The third kappa shape index (κ3) is 2.88. The number of carbonyl (C=O) groups is 1. The maximum absolute atomic E-state index is 11.9. The van der Waals surface area contributed by atoms with Crippen LogP contribution >= 0.6 is 15.9 Å². The SMILES string of the molecule is CC1C(C#N)C(Br)CN1C(=O)OC(C)(C)C. The molecule has 1 amide bonds. The zero-order valence-electron chi connectivity index (χ0n) is 10.0. The highest BCUT2D eigenvalue weighted by atomic mass is 79.9. The lowest BCUT2D eigenvalue weighted by atomic mass is 10.0. The second-order valence-electron chi connectivity index (χ2n) is 5.04. The predicted octanol–water partition coefficient (Wildman–Crippen LogP) is 2.53. The van der Waals surface area contributed by atoms with Crippen LogP contribution in [0, 0.1) is 17.2 Å². The molecule has 0 spiro atoms. The molecule has 1 fully saturated rings. The first-order chi connectivity index (χ1) is 7.26. The maximum Gasteiger partial charge on any atom is 0.410 e. The van der Waals surface area contributed by atoms with Crippen LogP contribution in [0.3, 0.4) is 0 Å². The zero-order valence-corrected chi connectivity index (χ0v) is 11.6. The van der Waals surface area contributed by atoms with Crippen LogP contribution in [0.15, 0.2) is 0 Å². The van der Waals surface area contributed by atoms with Gasteiger partial charge in [0.2, 0.25) is 0 Å². The number of nitriles is 1. The van der Waals surface area contributed by atoms with E-state index in [2.05, 4.69) is 22.0 Å². The Morgan fingerprint density at radius 3 is 2.50 bits per heavy atom. The van der Waals surface area contributed by atoms with Crippen molar-refractivity contribution in [2.24, 2.45) is 5.92 Å². The lowest BCUT2D eigenvalue weighted by molar-refractivity contribution is 0.0231. The second kappa shape index (κ2) is 4.62. The molecule has 1 rings (SSSR count). The predicted molar refractivity (Wildman–Crippen MR) is 64.2 cm³/mol. The highest BCUT2D eigenvalue weighted by Crippen LogP contribution is 2.30. The number of hydrogen-bond acceptors (Lipinski definition) is 3. The minimum atomic E-state index is -0.497. The van der Waals surface area contributed by atoms with Crippen molar-refractivity contribution in [1.29, 1.82) is 5.26 Å². The monoisotopic (exact) mass is 288 g/mol. The molecule has 90 valence electrons. The molecule has 0 saturated carbocycles. The average Bonchev–Trinajstić information content (AvgIpc) is 2.38. The summed E-state index contributed by atoms with van der Waals surface area (Å²) in [5.74, 6) is -0.174. The molecule has 3 unspecified atom stereocenters. The van der Waals surface area contributed by atoms with Gasteiger partial charge in [0.25, 0.3) is 0 Å². The summed E-state index contributed by atoms with van der Waals surface area (Å²) in [6.07, 6.45) is -0.345. The van der Waals surface area contributed by atoms with E-state index >= 15 is 0 Å². The van der Waals surface area contributed by atoms with E-state index in [1.807, 2.05) is 27.7 Å². The fraction of sp³-hybridized carbons (Fsp3) is 0.818. The molecule has 5 heteroatoms. The van der Waals surface area contributed by atoms with Crippen LogP contribution in [0.25, 0.3) is 0 Å². The van der Waals surface area contributed by atoms with E-state index in [9.17, 15) is 4.79 Å². The van der Waals surface area contributed by atoms with Crippen molar-refractivity contribution < 1.29 is 9.53 Å². The first-order valence-electron chi connectivity index (χ1n) is 5.29. The quantitative estimate of drug-likeness (QED) is 0.644. The third-order valence-corrected chi connectivity index (χ3v) is 3.41. The largest absolute Gasteiger partial charge is 0.444 e. The Hall–Kier alpha value is -0.760. The van der Waals surface area contributed by atoms with Crippen LogP contribution in [0.1, 0.15) is 27.7 Å². The van der Waals surface area contributed by atoms with E-state index < -0.39 is 5.60 Å². The van der Waals surface area contributed by atoms with Crippen LogP contribution in [0.2, 0.25) is 0 Å². The topological polar surface area (TPSA) is 53.3 Å². The molecular formula is C11H17BrN2O2. The Bertz CT molecular complexity index is 319. The van der Waals surface area contributed by atoms with Crippen LogP contribution in [0.5, 0.6) is 0 Å². The van der Waals surface area contributed by atoms with E-state index in [1.165, 1.54) is 0 Å². The molecule has 0 bridgehead atoms. The molecule has 4 nitrogen and oxygen atoms in total. The van der Waals surface area contributed by atoms with Crippen molar-refractivity contribution in [1.82, 2.24) is 4.90 Å². The molecule has 0 radical (unpaired) electrons. The summed E-state index contributed by atoms with van der Waals surface area (Å²) in [4.78, 5) is 13.5. The normalized spacial score (nSPS) is 30.0. The summed E-state index contributed by atoms with van der Waals surface area (Å²) in [5, 5.41) is 8.98. The number of nitrogens with zero attached hydrogens (tertiary/aromatic N) is 2. The molecular weight excluding hydrogens is 272 g/mol. The molecule has 0 aromatic heterocycles. The minimum Gasteiger partial charge on any atom is -0.444 e. The van der Waals surface area contributed by atoms with Gasteiger partial charge in [-0.15, -0.1) is 0 Å². The van der Waals surface area contributed by atoms with Gasteiger partial charge in [0.1, 0.15) is 5.60 Å². The van der Waals surface area contributed by atoms with E-state index in [0.29, 0.717) is 6.54 Å².